The van der Waals surface area contributed by atoms with Crippen molar-refractivity contribution in [1.82, 2.24) is 14.9 Å². The minimum Gasteiger partial charge on any atom is -0.497 e. The van der Waals surface area contributed by atoms with Crippen LogP contribution >= 0.6 is 12.2 Å². The molecule has 7 heteroatoms. The third-order valence-corrected chi connectivity index (χ3v) is 6.65. The van der Waals surface area contributed by atoms with Gasteiger partial charge in [0.1, 0.15) is 11.6 Å². The predicted molar refractivity (Wildman–Crippen MR) is 136 cm³/mol. The molecule has 0 radical (unpaired) electrons. The summed E-state index contributed by atoms with van der Waals surface area (Å²) in [6.07, 6.45) is 1.79. The first-order valence-corrected chi connectivity index (χ1v) is 11.5. The lowest BCUT2D eigenvalue weighted by Crippen LogP contribution is -2.29. The molecule has 1 fully saturated rings. The molecule has 3 heterocycles. The summed E-state index contributed by atoms with van der Waals surface area (Å²) in [7, 11) is 1.65. The van der Waals surface area contributed by atoms with Crippen molar-refractivity contribution in [3.8, 4) is 11.4 Å². The highest BCUT2D eigenvalue weighted by Crippen LogP contribution is 2.44. The molecule has 1 aliphatic heterocycles. The van der Waals surface area contributed by atoms with Crippen molar-refractivity contribution < 1.29 is 9.13 Å². The van der Waals surface area contributed by atoms with Gasteiger partial charge in [0.2, 0.25) is 0 Å². The number of para-hydroxylation sites is 1. The molecule has 0 saturated carbocycles. The molecule has 2 atom stereocenters. The lowest BCUT2D eigenvalue weighted by Gasteiger charge is -2.28. The minimum absolute atomic E-state index is 0.176. The van der Waals surface area contributed by atoms with Crippen LogP contribution in [-0.2, 0) is 0 Å². The lowest BCUT2D eigenvalue weighted by molar-refractivity contribution is 0.415. The number of anilines is 1. The van der Waals surface area contributed by atoms with Gasteiger partial charge in [-0.05, 0) is 86.2 Å². The fraction of sp³-hybridized carbons (Fsp3) is 0.185. The molecule has 1 N–H and O–H groups in total. The molecule has 5 rings (SSSR count). The fourth-order valence-electron chi connectivity index (χ4n) is 4.78. The van der Waals surface area contributed by atoms with Gasteiger partial charge in [-0.3, -0.25) is 4.98 Å². The van der Waals surface area contributed by atoms with Gasteiger partial charge in [-0.25, -0.2) is 4.39 Å². The summed E-state index contributed by atoms with van der Waals surface area (Å²) >= 11 is 5.82. The molecule has 34 heavy (non-hydrogen) atoms. The molecule has 0 aliphatic carbocycles. The van der Waals surface area contributed by atoms with Gasteiger partial charge >= 0.3 is 0 Å². The number of thiocarbonyl (C=S) groups is 1. The van der Waals surface area contributed by atoms with Crippen LogP contribution in [0.15, 0.2) is 79.0 Å². The Morgan fingerprint density at radius 2 is 1.74 bits per heavy atom. The molecule has 2 aromatic carbocycles. The topological polar surface area (TPSA) is 42.3 Å². The van der Waals surface area contributed by atoms with Crippen LogP contribution in [0.1, 0.15) is 34.7 Å². The number of aryl methyl sites for hydroxylation is 1. The number of hydrogen-bond donors (Lipinski definition) is 1. The Hall–Kier alpha value is -3.71. The predicted octanol–water partition coefficient (Wildman–Crippen LogP) is 5.81. The Bertz CT molecular complexity index is 1340. The Morgan fingerprint density at radius 1 is 1.00 bits per heavy atom. The highest BCUT2D eigenvalue weighted by Gasteiger charge is 2.42. The molecule has 5 nitrogen and oxygen atoms in total. The van der Waals surface area contributed by atoms with E-state index in [9.17, 15) is 4.39 Å². The van der Waals surface area contributed by atoms with Crippen molar-refractivity contribution in [2.45, 2.75) is 25.9 Å². The normalized spacial score (nSPS) is 17.6. The maximum absolute atomic E-state index is 14.8. The van der Waals surface area contributed by atoms with Gasteiger partial charge < -0.3 is 19.5 Å². The number of rotatable bonds is 5. The molecule has 0 spiro atoms. The summed E-state index contributed by atoms with van der Waals surface area (Å²) in [5.41, 5.74) is 5.32. The Labute approximate surface area is 203 Å². The van der Waals surface area contributed by atoms with Gasteiger partial charge in [0.05, 0.1) is 30.6 Å². The zero-order valence-corrected chi connectivity index (χ0v) is 20.0. The van der Waals surface area contributed by atoms with E-state index in [0.717, 1.165) is 34.1 Å². The molecule has 4 aromatic rings. The number of halogens is 1. The average Bonchev–Trinajstić information content (AvgIpc) is 3.35. The maximum Gasteiger partial charge on any atom is 0.174 e. The van der Waals surface area contributed by atoms with Crippen LogP contribution in [-0.4, -0.2) is 21.8 Å². The summed E-state index contributed by atoms with van der Waals surface area (Å²) < 4.78 is 22.1. The standard InChI is InChI=1S/C27H25FN4OS/c1-17-16-21(18(2)31(17)24-10-5-4-8-22(24)28)26-25(23-9-6-7-15-29-23)30-27(34)32(26)19-11-13-20(33-3)14-12-19/h4-16,25-26H,1-3H3,(H,30,34)/t25-,26+/m1/s1. The number of aromatic nitrogens is 2. The smallest absolute Gasteiger partial charge is 0.174 e. The summed E-state index contributed by atoms with van der Waals surface area (Å²) in [4.78, 5) is 6.73. The van der Waals surface area contributed by atoms with Gasteiger partial charge in [0.15, 0.2) is 5.11 Å². The summed E-state index contributed by atoms with van der Waals surface area (Å²) in [5.74, 6) is 0.515. The molecule has 0 amide bonds. The van der Waals surface area contributed by atoms with E-state index in [0.29, 0.717) is 10.8 Å². The van der Waals surface area contributed by atoms with Gasteiger partial charge in [-0.1, -0.05) is 18.2 Å². The number of hydrogen-bond acceptors (Lipinski definition) is 3. The van der Waals surface area contributed by atoms with Crippen molar-refractivity contribution in [2.24, 2.45) is 0 Å². The van der Waals surface area contributed by atoms with Crippen LogP contribution in [0.3, 0.4) is 0 Å². The summed E-state index contributed by atoms with van der Waals surface area (Å²) in [6.45, 7) is 4.02. The number of nitrogens with zero attached hydrogens (tertiary/aromatic N) is 3. The lowest BCUT2D eigenvalue weighted by atomic mass is 9.96. The SMILES string of the molecule is COc1ccc(N2C(=S)N[C@H](c3ccccn3)[C@@H]2c2cc(C)n(-c3ccccc3F)c2C)cc1. The fourth-order valence-corrected chi connectivity index (χ4v) is 5.13. The summed E-state index contributed by atoms with van der Waals surface area (Å²) in [5, 5.41) is 4.10. The molecule has 2 aromatic heterocycles. The first kappa shape index (κ1) is 22.1. The Kier molecular flexibility index (Phi) is 5.79. The van der Waals surface area contributed by atoms with E-state index in [-0.39, 0.29) is 17.9 Å². The van der Waals surface area contributed by atoms with Gasteiger partial charge in [-0.15, -0.1) is 0 Å². The van der Waals surface area contributed by atoms with Gasteiger partial charge in [-0.2, -0.15) is 0 Å². The second-order valence-electron chi connectivity index (χ2n) is 8.31. The zero-order chi connectivity index (χ0) is 23.8. The maximum atomic E-state index is 14.8. The van der Waals surface area contributed by atoms with E-state index in [1.54, 1.807) is 25.4 Å². The van der Waals surface area contributed by atoms with Crippen molar-refractivity contribution in [3.63, 3.8) is 0 Å². The number of nitrogens with one attached hydrogen (secondary N) is 1. The van der Waals surface area contributed by atoms with Crippen molar-refractivity contribution >= 4 is 23.0 Å². The molecule has 0 unspecified atom stereocenters. The van der Waals surface area contributed by atoms with E-state index < -0.39 is 0 Å². The highest BCUT2D eigenvalue weighted by molar-refractivity contribution is 7.80. The van der Waals surface area contributed by atoms with E-state index in [2.05, 4.69) is 21.3 Å². The van der Waals surface area contributed by atoms with E-state index >= 15 is 0 Å². The number of ether oxygens (including phenoxy) is 1. The highest BCUT2D eigenvalue weighted by atomic mass is 32.1. The second kappa shape index (κ2) is 8.91. The molecule has 1 saturated heterocycles. The molecule has 172 valence electrons. The van der Waals surface area contributed by atoms with Crippen molar-refractivity contribution in [3.05, 3.63) is 107 Å². The van der Waals surface area contributed by atoms with E-state index in [1.165, 1.54) is 6.07 Å². The Balaban J connectivity index is 1.68. The minimum atomic E-state index is -0.260. The number of pyridine rings is 1. The second-order valence-corrected chi connectivity index (χ2v) is 8.69. The quantitative estimate of drug-likeness (QED) is 0.371. The largest absolute Gasteiger partial charge is 0.497 e. The number of benzene rings is 2. The summed E-state index contributed by atoms with van der Waals surface area (Å²) in [6, 6.07) is 22.3. The van der Waals surface area contributed by atoms with Crippen LogP contribution in [0.4, 0.5) is 10.1 Å². The van der Waals surface area contributed by atoms with Crippen LogP contribution in [0.25, 0.3) is 5.69 Å². The third-order valence-electron chi connectivity index (χ3n) is 6.33. The molecular weight excluding hydrogens is 447 g/mol. The van der Waals surface area contributed by atoms with Crippen molar-refractivity contribution in [2.75, 3.05) is 12.0 Å². The van der Waals surface area contributed by atoms with Crippen LogP contribution in [0, 0.1) is 19.7 Å². The van der Waals surface area contributed by atoms with Crippen LogP contribution in [0.5, 0.6) is 5.75 Å². The van der Waals surface area contributed by atoms with E-state index in [1.807, 2.05) is 66.9 Å². The Morgan fingerprint density at radius 3 is 2.41 bits per heavy atom. The first-order chi connectivity index (χ1) is 16.5. The van der Waals surface area contributed by atoms with Gasteiger partial charge in [0, 0.05) is 23.3 Å². The van der Waals surface area contributed by atoms with Crippen LogP contribution < -0.4 is 15.0 Å². The van der Waals surface area contributed by atoms with Crippen LogP contribution in [0.2, 0.25) is 0 Å². The first-order valence-electron chi connectivity index (χ1n) is 11.1. The molecule has 0 bridgehead atoms. The third kappa shape index (κ3) is 3.72. The monoisotopic (exact) mass is 472 g/mol. The van der Waals surface area contributed by atoms with Crippen molar-refractivity contribution in [1.29, 1.82) is 0 Å². The van der Waals surface area contributed by atoms with E-state index in [4.69, 9.17) is 17.0 Å². The van der Waals surface area contributed by atoms with Gasteiger partial charge in [0.25, 0.3) is 0 Å². The average molecular weight is 473 g/mol. The molecule has 1 aliphatic rings. The molecular formula is C27H25FN4OS. The zero-order valence-electron chi connectivity index (χ0n) is 19.2. The number of methoxy groups -OCH3 is 1.